The Morgan fingerprint density at radius 1 is 1.21 bits per heavy atom. The highest BCUT2D eigenvalue weighted by atomic mass is 35.5. The van der Waals surface area contributed by atoms with E-state index in [1.54, 1.807) is 0 Å². The summed E-state index contributed by atoms with van der Waals surface area (Å²) in [5, 5.41) is 4.06. The third-order valence-electron chi connectivity index (χ3n) is 5.36. The number of likely N-dealkylation sites (tertiary alicyclic amines) is 1. The van der Waals surface area contributed by atoms with E-state index in [1.165, 1.54) is 4.90 Å². The number of halogens is 4. The maximum Gasteiger partial charge on any atom is 0.401 e. The molecule has 1 N–H and O–H groups in total. The van der Waals surface area contributed by atoms with E-state index in [1.807, 2.05) is 25.1 Å². The second-order valence-electron chi connectivity index (χ2n) is 7.65. The summed E-state index contributed by atoms with van der Waals surface area (Å²) in [6.07, 6.45) is -3.36. The number of benzene rings is 1. The van der Waals surface area contributed by atoms with Gasteiger partial charge in [0.1, 0.15) is 0 Å². The van der Waals surface area contributed by atoms with Crippen LogP contribution in [-0.4, -0.2) is 80.8 Å². The van der Waals surface area contributed by atoms with E-state index in [0.717, 1.165) is 55.8 Å². The van der Waals surface area contributed by atoms with Crippen molar-refractivity contribution in [2.24, 2.45) is 10.9 Å². The number of guanidine groups is 1. The van der Waals surface area contributed by atoms with Crippen LogP contribution in [0.4, 0.5) is 18.9 Å². The quantitative estimate of drug-likeness (QED) is 0.573. The third-order valence-corrected chi connectivity index (χ3v) is 5.59. The van der Waals surface area contributed by atoms with Crippen molar-refractivity contribution in [2.45, 2.75) is 19.5 Å². The summed E-state index contributed by atoms with van der Waals surface area (Å²) in [6, 6.07) is 7.87. The average molecular weight is 432 g/mol. The van der Waals surface area contributed by atoms with Crippen LogP contribution < -0.4 is 10.2 Å². The predicted octanol–water partition coefficient (Wildman–Crippen LogP) is 3.31. The molecule has 9 heteroatoms. The van der Waals surface area contributed by atoms with Crippen molar-refractivity contribution in [3.8, 4) is 0 Å². The number of piperazine rings is 1. The number of nitrogens with one attached hydrogen (secondary N) is 1. The minimum atomic E-state index is -4.13. The summed E-state index contributed by atoms with van der Waals surface area (Å²) in [7, 11) is 0. The minimum absolute atomic E-state index is 0.179. The van der Waals surface area contributed by atoms with Crippen LogP contribution in [0.2, 0.25) is 5.02 Å². The molecule has 5 nitrogen and oxygen atoms in total. The number of aliphatic imine (C=N–C) groups is 1. The maximum atomic E-state index is 12.6. The fourth-order valence-corrected chi connectivity index (χ4v) is 4.13. The molecular weight excluding hydrogens is 403 g/mol. The van der Waals surface area contributed by atoms with Crippen LogP contribution in [-0.2, 0) is 0 Å². The highest BCUT2D eigenvalue weighted by molar-refractivity contribution is 6.30. The lowest BCUT2D eigenvalue weighted by atomic mass is 10.1. The highest BCUT2D eigenvalue weighted by Crippen LogP contribution is 2.23. The molecule has 0 saturated carbocycles. The van der Waals surface area contributed by atoms with E-state index >= 15 is 0 Å². The van der Waals surface area contributed by atoms with E-state index in [-0.39, 0.29) is 5.92 Å². The summed E-state index contributed by atoms with van der Waals surface area (Å²) >= 11 is 6.10. The minimum Gasteiger partial charge on any atom is -0.368 e. The fourth-order valence-electron chi connectivity index (χ4n) is 3.95. The topological polar surface area (TPSA) is 34.1 Å². The Hall–Kier alpha value is -1.67. The Morgan fingerprint density at radius 2 is 1.97 bits per heavy atom. The molecule has 29 heavy (non-hydrogen) atoms. The zero-order chi connectivity index (χ0) is 20.9. The molecule has 0 aliphatic carbocycles. The van der Waals surface area contributed by atoms with Crippen LogP contribution in [0.15, 0.2) is 29.3 Å². The van der Waals surface area contributed by atoms with Gasteiger partial charge < -0.3 is 15.1 Å². The molecule has 2 saturated heterocycles. The fraction of sp³-hybridized carbons (Fsp3) is 0.650. The van der Waals surface area contributed by atoms with Crippen LogP contribution in [0.25, 0.3) is 0 Å². The van der Waals surface area contributed by atoms with Gasteiger partial charge in [0, 0.05) is 56.5 Å². The molecule has 1 aromatic rings. The first kappa shape index (κ1) is 22.0. The van der Waals surface area contributed by atoms with E-state index < -0.39 is 12.7 Å². The first-order valence-corrected chi connectivity index (χ1v) is 10.5. The SMILES string of the molecule is CCNC(=NCC1CCN(CC(F)(F)F)C1)N1CCN(c2cccc(Cl)c2)CC1. The van der Waals surface area contributed by atoms with Crippen molar-refractivity contribution in [3.63, 3.8) is 0 Å². The van der Waals surface area contributed by atoms with Crippen molar-refractivity contribution < 1.29 is 13.2 Å². The molecule has 0 aromatic heterocycles. The largest absolute Gasteiger partial charge is 0.401 e. The summed E-state index contributed by atoms with van der Waals surface area (Å²) in [6.45, 7) is 6.90. The van der Waals surface area contributed by atoms with Crippen molar-refractivity contribution in [3.05, 3.63) is 29.3 Å². The van der Waals surface area contributed by atoms with Gasteiger partial charge >= 0.3 is 6.18 Å². The van der Waals surface area contributed by atoms with Crippen LogP contribution in [0, 0.1) is 5.92 Å². The van der Waals surface area contributed by atoms with Gasteiger partial charge in [0.2, 0.25) is 0 Å². The lowest BCUT2D eigenvalue weighted by Gasteiger charge is -2.37. The average Bonchev–Trinajstić information content (AvgIpc) is 3.11. The molecule has 0 spiro atoms. The summed E-state index contributed by atoms with van der Waals surface area (Å²) in [4.78, 5) is 10.8. The second-order valence-corrected chi connectivity index (χ2v) is 8.09. The number of hydrogen-bond acceptors (Lipinski definition) is 3. The predicted molar refractivity (Wildman–Crippen MR) is 112 cm³/mol. The number of alkyl halides is 3. The van der Waals surface area contributed by atoms with Gasteiger partial charge in [-0.1, -0.05) is 17.7 Å². The van der Waals surface area contributed by atoms with Crippen molar-refractivity contribution >= 4 is 23.2 Å². The number of nitrogens with zero attached hydrogens (tertiary/aromatic N) is 4. The van der Waals surface area contributed by atoms with E-state index in [2.05, 4.69) is 21.2 Å². The normalized spacial score (nSPS) is 21.7. The van der Waals surface area contributed by atoms with E-state index in [4.69, 9.17) is 16.6 Å². The van der Waals surface area contributed by atoms with Gasteiger partial charge in [-0.15, -0.1) is 0 Å². The Balaban J connectivity index is 1.52. The van der Waals surface area contributed by atoms with Crippen LogP contribution in [0.3, 0.4) is 0 Å². The van der Waals surface area contributed by atoms with Gasteiger partial charge in [0.25, 0.3) is 0 Å². The second kappa shape index (κ2) is 9.89. The monoisotopic (exact) mass is 431 g/mol. The van der Waals surface area contributed by atoms with Gasteiger partial charge in [0.05, 0.1) is 6.54 Å². The van der Waals surface area contributed by atoms with Gasteiger partial charge in [-0.2, -0.15) is 13.2 Å². The molecule has 0 bridgehead atoms. The van der Waals surface area contributed by atoms with Gasteiger partial charge in [-0.3, -0.25) is 9.89 Å². The van der Waals surface area contributed by atoms with Crippen molar-refractivity contribution in [1.29, 1.82) is 0 Å². The molecule has 1 unspecified atom stereocenters. The highest BCUT2D eigenvalue weighted by Gasteiger charge is 2.34. The zero-order valence-electron chi connectivity index (χ0n) is 16.8. The Kier molecular flexibility index (Phi) is 7.51. The molecule has 1 aromatic carbocycles. The Bertz CT molecular complexity index is 689. The molecule has 2 aliphatic rings. The van der Waals surface area contributed by atoms with Crippen LogP contribution >= 0.6 is 11.6 Å². The zero-order valence-corrected chi connectivity index (χ0v) is 17.5. The molecule has 2 aliphatic heterocycles. The van der Waals surface area contributed by atoms with E-state index in [9.17, 15) is 13.2 Å². The Morgan fingerprint density at radius 3 is 2.62 bits per heavy atom. The standard InChI is InChI=1S/C20H29ClF3N5/c1-2-25-19(26-13-16-6-7-27(14-16)15-20(22,23)24)29-10-8-28(9-11-29)18-5-3-4-17(21)12-18/h3-5,12,16H,2,6-11,13-15H2,1H3,(H,25,26). The molecule has 0 radical (unpaired) electrons. The number of rotatable bonds is 5. The van der Waals surface area contributed by atoms with E-state index in [0.29, 0.717) is 19.6 Å². The molecular formula is C20H29ClF3N5. The molecule has 1 atom stereocenters. The smallest absolute Gasteiger partial charge is 0.368 e. The molecule has 2 heterocycles. The van der Waals surface area contributed by atoms with Crippen molar-refractivity contribution in [1.82, 2.24) is 15.1 Å². The molecule has 2 fully saturated rings. The van der Waals surface area contributed by atoms with Crippen molar-refractivity contribution in [2.75, 3.05) is 63.8 Å². The first-order valence-electron chi connectivity index (χ1n) is 10.2. The van der Waals surface area contributed by atoms with Gasteiger partial charge in [-0.25, -0.2) is 0 Å². The molecule has 162 valence electrons. The van der Waals surface area contributed by atoms with Crippen LogP contribution in [0.5, 0.6) is 0 Å². The third kappa shape index (κ3) is 6.67. The lowest BCUT2D eigenvalue weighted by Crippen LogP contribution is -2.52. The maximum absolute atomic E-state index is 12.6. The summed E-state index contributed by atoms with van der Waals surface area (Å²) in [5.74, 6) is 1.03. The molecule has 0 amide bonds. The summed E-state index contributed by atoms with van der Waals surface area (Å²) < 4.78 is 37.7. The molecule has 3 rings (SSSR count). The van der Waals surface area contributed by atoms with Gasteiger partial charge in [0.15, 0.2) is 5.96 Å². The summed E-state index contributed by atoms with van der Waals surface area (Å²) in [5.41, 5.74) is 1.12. The first-order chi connectivity index (χ1) is 13.8. The number of anilines is 1. The Labute approximate surface area is 175 Å². The van der Waals surface area contributed by atoms with Gasteiger partial charge in [-0.05, 0) is 44.0 Å². The van der Waals surface area contributed by atoms with Crippen LogP contribution in [0.1, 0.15) is 13.3 Å². The number of hydrogen-bond donors (Lipinski definition) is 1. The lowest BCUT2D eigenvalue weighted by molar-refractivity contribution is -0.143.